The van der Waals surface area contributed by atoms with Gasteiger partial charge < -0.3 is 4.74 Å². The smallest absolute Gasteiger partial charge is 0.148 e. The lowest BCUT2D eigenvalue weighted by Gasteiger charge is -2.09. The summed E-state index contributed by atoms with van der Waals surface area (Å²) in [5.74, 6) is 0.0749. The van der Waals surface area contributed by atoms with Crippen molar-refractivity contribution in [2.75, 3.05) is 6.61 Å². The highest BCUT2D eigenvalue weighted by molar-refractivity contribution is 9.10. The Kier molecular flexibility index (Phi) is 3.57. The molecular formula is C16H12BrFO2. The van der Waals surface area contributed by atoms with Crippen molar-refractivity contribution in [1.82, 2.24) is 0 Å². The number of carbonyl (C=O) groups is 1. The molecule has 0 aliphatic carbocycles. The van der Waals surface area contributed by atoms with E-state index in [9.17, 15) is 9.18 Å². The summed E-state index contributed by atoms with van der Waals surface area (Å²) in [6.45, 7) is 0.341. The van der Waals surface area contributed by atoms with Gasteiger partial charge in [0.2, 0.25) is 0 Å². The number of hydrogen-bond donors (Lipinski definition) is 0. The van der Waals surface area contributed by atoms with Crippen molar-refractivity contribution in [2.24, 2.45) is 0 Å². The van der Waals surface area contributed by atoms with Crippen molar-refractivity contribution in [1.29, 1.82) is 0 Å². The van der Waals surface area contributed by atoms with E-state index in [1.54, 1.807) is 12.1 Å². The molecule has 2 aromatic carbocycles. The van der Waals surface area contributed by atoms with Crippen molar-refractivity contribution in [3.63, 3.8) is 0 Å². The topological polar surface area (TPSA) is 26.3 Å². The number of rotatable bonds is 3. The summed E-state index contributed by atoms with van der Waals surface area (Å²) >= 11 is 3.29. The van der Waals surface area contributed by atoms with Crippen LogP contribution in [0.4, 0.5) is 4.39 Å². The summed E-state index contributed by atoms with van der Waals surface area (Å²) in [6, 6.07) is 12.1. The minimum atomic E-state index is -0.353. The Morgan fingerprint density at radius 1 is 1.30 bits per heavy atom. The van der Waals surface area contributed by atoms with Crippen molar-refractivity contribution in [3.05, 3.63) is 63.9 Å². The van der Waals surface area contributed by atoms with Gasteiger partial charge in [-0.3, -0.25) is 4.79 Å². The minimum Gasteiger partial charge on any atom is -0.492 e. The van der Waals surface area contributed by atoms with Gasteiger partial charge in [0, 0.05) is 16.5 Å². The molecule has 0 saturated heterocycles. The first-order chi connectivity index (χ1) is 9.65. The molecule has 2 nitrogen and oxygen atoms in total. The van der Waals surface area contributed by atoms with Gasteiger partial charge in [-0.15, -0.1) is 0 Å². The van der Waals surface area contributed by atoms with Gasteiger partial charge in [-0.2, -0.15) is 0 Å². The Labute approximate surface area is 124 Å². The second-order valence-corrected chi connectivity index (χ2v) is 5.70. The first-order valence-electron chi connectivity index (χ1n) is 6.33. The van der Waals surface area contributed by atoms with Crippen LogP contribution in [-0.4, -0.2) is 12.4 Å². The van der Waals surface area contributed by atoms with Gasteiger partial charge in [-0.1, -0.05) is 34.1 Å². The normalized spacial score (nSPS) is 16.6. The van der Waals surface area contributed by atoms with Crippen LogP contribution < -0.4 is 4.74 Å². The highest BCUT2D eigenvalue weighted by Gasteiger charge is 2.30. The Hall–Kier alpha value is -1.68. The van der Waals surface area contributed by atoms with Gasteiger partial charge in [0.25, 0.3) is 0 Å². The monoisotopic (exact) mass is 334 g/mol. The van der Waals surface area contributed by atoms with Crippen LogP contribution in [-0.2, 0) is 11.2 Å². The summed E-state index contributed by atoms with van der Waals surface area (Å²) in [7, 11) is 0. The highest BCUT2D eigenvalue weighted by atomic mass is 79.9. The van der Waals surface area contributed by atoms with E-state index in [1.807, 2.05) is 24.3 Å². The lowest BCUT2D eigenvalue weighted by Crippen LogP contribution is -2.17. The molecular weight excluding hydrogens is 323 g/mol. The number of para-hydroxylation sites is 1. The predicted octanol–water partition coefficient (Wildman–Crippen LogP) is 3.88. The second kappa shape index (κ2) is 5.37. The van der Waals surface area contributed by atoms with Gasteiger partial charge in [0.05, 0.1) is 5.92 Å². The van der Waals surface area contributed by atoms with E-state index in [2.05, 4.69) is 15.9 Å². The van der Waals surface area contributed by atoms with E-state index < -0.39 is 0 Å². The lowest BCUT2D eigenvalue weighted by molar-refractivity contribution is -0.120. The zero-order valence-electron chi connectivity index (χ0n) is 10.6. The SMILES string of the molecule is O=C(Cc1cc(Br)ccc1F)C1COc2ccccc21. The van der Waals surface area contributed by atoms with Gasteiger partial charge >= 0.3 is 0 Å². The fourth-order valence-corrected chi connectivity index (χ4v) is 2.83. The molecule has 20 heavy (non-hydrogen) atoms. The maximum absolute atomic E-state index is 13.7. The molecule has 0 N–H and O–H groups in total. The molecule has 1 heterocycles. The summed E-state index contributed by atoms with van der Waals surface area (Å²) in [4.78, 5) is 12.4. The number of Topliss-reactive ketones (excluding diaryl/α,β-unsaturated/α-hetero) is 1. The summed E-state index contributed by atoms with van der Waals surface area (Å²) in [5.41, 5.74) is 1.31. The third-order valence-corrected chi connectivity index (χ3v) is 3.95. The maximum atomic E-state index is 13.7. The second-order valence-electron chi connectivity index (χ2n) is 4.78. The van der Waals surface area contributed by atoms with Crippen LogP contribution >= 0.6 is 15.9 Å². The number of ketones is 1. The van der Waals surface area contributed by atoms with Crippen LogP contribution in [0.15, 0.2) is 46.9 Å². The Balaban J connectivity index is 1.83. The first-order valence-corrected chi connectivity index (χ1v) is 7.13. The fourth-order valence-electron chi connectivity index (χ4n) is 2.42. The largest absolute Gasteiger partial charge is 0.492 e. The number of hydrogen-bond acceptors (Lipinski definition) is 2. The molecule has 0 aromatic heterocycles. The molecule has 102 valence electrons. The molecule has 0 amide bonds. The number of fused-ring (bicyclic) bond motifs is 1. The van der Waals surface area contributed by atoms with Gasteiger partial charge in [0.1, 0.15) is 24.0 Å². The molecule has 0 fully saturated rings. The van der Waals surface area contributed by atoms with Crippen LogP contribution in [0.1, 0.15) is 17.0 Å². The van der Waals surface area contributed by atoms with E-state index in [4.69, 9.17) is 4.74 Å². The van der Waals surface area contributed by atoms with Gasteiger partial charge in [-0.25, -0.2) is 4.39 Å². The minimum absolute atomic E-state index is 0.0213. The zero-order chi connectivity index (χ0) is 14.1. The van der Waals surface area contributed by atoms with E-state index in [-0.39, 0.29) is 23.9 Å². The van der Waals surface area contributed by atoms with Crippen molar-refractivity contribution in [2.45, 2.75) is 12.3 Å². The van der Waals surface area contributed by atoms with E-state index in [1.165, 1.54) is 6.07 Å². The summed E-state index contributed by atoms with van der Waals surface area (Å²) in [5, 5.41) is 0. The van der Waals surface area contributed by atoms with Crippen molar-refractivity contribution in [3.8, 4) is 5.75 Å². The third-order valence-electron chi connectivity index (χ3n) is 3.46. The number of carbonyl (C=O) groups excluding carboxylic acids is 1. The van der Waals surface area contributed by atoms with E-state index in [0.29, 0.717) is 12.2 Å². The van der Waals surface area contributed by atoms with E-state index >= 15 is 0 Å². The Bertz CT molecular complexity index is 669. The van der Waals surface area contributed by atoms with Crippen LogP contribution in [0.3, 0.4) is 0 Å². The molecule has 1 unspecified atom stereocenters. The van der Waals surface area contributed by atoms with Crippen molar-refractivity contribution < 1.29 is 13.9 Å². The summed E-state index contributed by atoms with van der Waals surface area (Å²) in [6.07, 6.45) is 0.0770. The van der Waals surface area contributed by atoms with Crippen LogP contribution in [0.5, 0.6) is 5.75 Å². The molecule has 1 aliphatic rings. The Morgan fingerprint density at radius 3 is 2.95 bits per heavy atom. The maximum Gasteiger partial charge on any atom is 0.148 e. The molecule has 4 heteroatoms. The number of benzene rings is 2. The van der Waals surface area contributed by atoms with Crippen LogP contribution in [0, 0.1) is 5.82 Å². The van der Waals surface area contributed by atoms with Crippen LogP contribution in [0.25, 0.3) is 0 Å². The molecule has 3 rings (SSSR count). The fraction of sp³-hybridized carbons (Fsp3) is 0.188. The average molecular weight is 335 g/mol. The standard InChI is InChI=1S/C16H12BrFO2/c17-11-5-6-14(18)10(7-11)8-15(19)13-9-20-16-4-2-1-3-12(13)16/h1-7,13H,8-9H2. The summed E-state index contributed by atoms with van der Waals surface area (Å²) < 4.78 is 20.0. The number of halogens is 2. The number of ether oxygens (including phenoxy) is 1. The lowest BCUT2D eigenvalue weighted by atomic mass is 9.93. The van der Waals surface area contributed by atoms with Gasteiger partial charge in [0.15, 0.2) is 0 Å². The molecule has 0 saturated carbocycles. The van der Waals surface area contributed by atoms with Gasteiger partial charge in [-0.05, 0) is 29.8 Å². The predicted molar refractivity (Wildman–Crippen MR) is 77.5 cm³/mol. The van der Waals surface area contributed by atoms with Crippen molar-refractivity contribution >= 4 is 21.7 Å². The molecule has 0 radical (unpaired) electrons. The zero-order valence-corrected chi connectivity index (χ0v) is 12.2. The average Bonchev–Trinajstić information content (AvgIpc) is 2.87. The van der Waals surface area contributed by atoms with Crippen LogP contribution in [0.2, 0.25) is 0 Å². The first kappa shape index (κ1) is 13.3. The molecule has 1 aliphatic heterocycles. The molecule has 2 aromatic rings. The quantitative estimate of drug-likeness (QED) is 0.851. The Morgan fingerprint density at radius 2 is 2.10 bits per heavy atom. The molecule has 0 bridgehead atoms. The molecule has 0 spiro atoms. The third kappa shape index (κ3) is 2.48. The molecule has 1 atom stereocenters. The van der Waals surface area contributed by atoms with E-state index in [0.717, 1.165) is 15.8 Å². The highest BCUT2D eigenvalue weighted by Crippen LogP contribution is 2.34.